The summed E-state index contributed by atoms with van der Waals surface area (Å²) in [4.78, 5) is 0. The minimum Gasteiger partial charge on any atom is -0.391 e. The Morgan fingerprint density at radius 1 is 1.00 bits per heavy atom. The van der Waals surface area contributed by atoms with E-state index in [1.54, 1.807) is 0 Å². The first kappa shape index (κ1) is 16.6. The zero-order valence-corrected chi connectivity index (χ0v) is 14.1. The van der Waals surface area contributed by atoms with Crippen LogP contribution >= 0.6 is 23.2 Å². The maximum Gasteiger partial charge on any atom is 0.121 e. The van der Waals surface area contributed by atoms with Gasteiger partial charge in [0.2, 0.25) is 0 Å². The summed E-state index contributed by atoms with van der Waals surface area (Å²) in [6, 6.07) is 11.5. The van der Waals surface area contributed by atoms with E-state index in [1.165, 1.54) is 0 Å². The van der Waals surface area contributed by atoms with Crippen molar-refractivity contribution in [2.75, 3.05) is 19.7 Å². The van der Waals surface area contributed by atoms with E-state index >= 15 is 0 Å². The third-order valence-corrected chi connectivity index (χ3v) is 4.42. The Morgan fingerprint density at radius 3 is 2.09 bits per heavy atom. The number of nitrogens with two attached hydrogens (primary N) is 1. The van der Waals surface area contributed by atoms with E-state index < -0.39 is 6.10 Å². The zero-order valence-electron chi connectivity index (χ0n) is 12.5. The summed E-state index contributed by atoms with van der Waals surface area (Å²) >= 11 is 12.3. The monoisotopic (exact) mass is 353 g/mol. The minimum absolute atomic E-state index is 0.110. The molecule has 0 aliphatic carbocycles. The van der Waals surface area contributed by atoms with Crippen LogP contribution in [0.15, 0.2) is 36.4 Å². The van der Waals surface area contributed by atoms with Crippen molar-refractivity contribution >= 4 is 45.0 Å². The third kappa shape index (κ3) is 3.47. The van der Waals surface area contributed by atoms with Gasteiger partial charge in [0.15, 0.2) is 0 Å². The van der Waals surface area contributed by atoms with Crippen LogP contribution in [0.25, 0.3) is 21.8 Å². The van der Waals surface area contributed by atoms with E-state index in [4.69, 9.17) is 28.3 Å². The molecule has 0 aliphatic rings. The Labute approximate surface area is 144 Å². The quantitative estimate of drug-likeness (QED) is 0.593. The van der Waals surface area contributed by atoms with Crippen LogP contribution in [-0.2, 0) is 6.54 Å². The highest BCUT2D eigenvalue weighted by atomic mass is 35.5. The van der Waals surface area contributed by atoms with E-state index in [2.05, 4.69) is 4.57 Å². The molecule has 6 heteroatoms. The molecular weight excluding hydrogens is 335 g/mol. The second-order valence-corrected chi connectivity index (χ2v) is 6.50. The Morgan fingerprint density at radius 2 is 1.57 bits per heavy atom. The zero-order chi connectivity index (χ0) is 16.4. The van der Waals surface area contributed by atoms with Crippen LogP contribution in [0.4, 0.5) is 0 Å². The van der Waals surface area contributed by atoms with Gasteiger partial charge in [0.1, 0.15) is 12.6 Å². The van der Waals surface area contributed by atoms with Gasteiger partial charge in [-0.05, 0) is 36.4 Å². The van der Waals surface area contributed by atoms with Crippen molar-refractivity contribution in [3.05, 3.63) is 46.4 Å². The highest BCUT2D eigenvalue weighted by Crippen LogP contribution is 2.32. The first-order valence-electron chi connectivity index (χ1n) is 7.57. The summed E-state index contributed by atoms with van der Waals surface area (Å²) in [5, 5.41) is 24.4. The maximum absolute atomic E-state index is 10.3. The fraction of sp³-hybridized carbons (Fsp3) is 0.294. The summed E-state index contributed by atoms with van der Waals surface area (Å²) < 4.78 is 2.09. The highest BCUT2D eigenvalue weighted by molar-refractivity contribution is 6.33. The molecule has 1 atom stereocenters. The third-order valence-electron chi connectivity index (χ3n) is 3.95. The second kappa shape index (κ2) is 7.07. The number of hydrogen-bond acceptors (Lipinski definition) is 2. The van der Waals surface area contributed by atoms with Crippen LogP contribution in [0.2, 0.25) is 10.0 Å². The van der Waals surface area contributed by atoms with Crippen molar-refractivity contribution in [1.29, 1.82) is 0 Å². The molecule has 2 aromatic carbocycles. The summed E-state index contributed by atoms with van der Waals surface area (Å²) in [5.74, 6) is 0. The molecule has 0 radical (unpaired) electrons. The van der Waals surface area contributed by atoms with Gasteiger partial charge in [-0.2, -0.15) is 0 Å². The minimum atomic E-state index is -0.508. The van der Waals surface area contributed by atoms with Crippen LogP contribution in [0.3, 0.4) is 0 Å². The van der Waals surface area contributed by atoms with Gasteiger partial charge >= 0.3 is 0 Å². The molecule has 4 nitrogen and oxygen atoms in total. The first-order chi connectivity index (χ1) is 11.1. The summed E-state index contributed by atoms with van der Waals surface area (Å²) in [6.45, 7) is 1.72. The molecule has 0 fully saturated rings. The first-order valence-corrected chi connectivity index (χ1v) is 8.33. The van der Waals surface area contributed by atoms with E-state index in [-0.39, 0.29) is 6.61 Å². The van der Waals surface area contributed by atoms with E-state index in [0.29, 0.717) is 29.7 Å². The van der Waals surface area contributed by atoms with Crippen molar-refractivity contribution in [2.24, 2.45) is 0 Å². The molecular formula is C17H19Cl2N2O2+. The van der Waals surface area contributed by atoms with Gasteiger partial charge in [-0.15, -0.1) is 0 Å². The van der Waals surface area contributed by atoms with Gasteiger partial charge in [-0.1, -0.05) is 23.2 Å². The van der Waals surface area contributed by atoms with Crippen LogP contribution in [0, 0.1) is 0 Å². The molecule has 122 valence electrons. The molecule has 4 N–H and O–H groups in total. The Balaban J connectivity index is 2.03. The SMILES string of the molecule is OCC[NH2+]C[C@H](O)Cn1c2ccc(Cl)cc2c2cc(Cl)ccc21. The lowest BCUT2D eigenvalue weighted by Crippen LogP contribution is -2.87. The topological polar surface area (TPSA) is 62.0 Å². The van der Waals surface area contributed by atoms with E-state index in [1.807, 2.05) is 41.7 Å². The predicted octanol–water partition coefficient (Wildman–Crippen LogP) is 2.02. The number of aliphatic hydroxyl groups excluding tert-OH is 2. The largest absolute Gasteiger partial charge is 0.391 e. The Hall–Kier alpha value is -1.30. The molecule has 0 unspecified atom stereocenters. The normalized spacial score (nSPS) is 13.0. The van der Waals surface area contributed by atoms with Crippen molar-refractivity contribution in [3.8, 4) is 0 Å². The molecule has 0 saturated heterocycles. The van der Waals surface area contributed by atoms with Gasteiger partial charge in [0, 0.05) is 31.9 Å². The van der Waals surface area contributed by atoms with Crippen LogP contribution < -0.4 is 5.32 Å². The molecule has 1 aromatic heterocycles. The Kier molecular flexibility index (Phi) is 5.09. The number of fused-ring (bicyclic) bond motifs is 3. The molecule has 0 aliphatic heterocycles. The number of halogens is 2. The van der Waals surface area contributed by atoms with Crippen molar-refractivity contribution in [1.82, 2.24) is 4.57 Å². The van der Waals surface area contributed by atoms with Crippen molar-refractivity contribution in [3.63, 3.8) is 0 Å². The lowest BCUT2D eigenvalue weighted by molar-refractivity contribution is -0.662. The molecule has 0 amide bonds. The number of hydrogen-bond donors (Lipinski definition) is 3. The van der Waals surface area contributed by atoms with Crippen LogP contribution in [0.5, 0.6) is 0 Å². The maximum atomic E-state index is 10.3. The smallest absolute Gasteiger partial charge is 0.121 e. The van der Waals surface area contributed by atoms with E-state index in [9.17, 15) is 5.11 Å². The molecule has 3 aromatic rings. The van der Waals surface area contributed by atoms with Gasteiger partial charge < -0.3 is 20.1 Å². The molecule has 0 bridgehead atoms. The fourth-order valence-electron chi connectivity index (χ4n) is 2.93. The van der Waals surface area contributed by atoms with Crippen LogP contribution in [0.1, 0.15) is 0 Å². The summed E-state index contributed by atoms with van der Waals surface area (Å²) in [5.41, 5.74) is 2.04. The van der Waals surface area contributed by atoms with Crippen molar-refractivity contribution in [2.45, 2.75) is 12.6 Å². The number of aliphatic hydroxyl groups is 2. The van der Waals surface area contributed by atoms with Crippen LogP contribution in [-0.4, -0.2) is 40.6 Å². The van der Waals surface area contributed by atoms with E-state index in [0.717, 1.165) is 21.8 Å². The number of quaternary nitrogens is 1. The van der Waals surface area contributed by atoms with Gasteiger partial charge in [-0.25, -0.2) is 0 Å². The van der Waals surface area contributed by atoms with Gasteiger partial charge in [0.25, 0.3) is 0 Å². The molecule has 23 heavy (non-hydrogen) atoms. The highest BCUT2D eigenvalue weighted by Gasteiger charge is 2.15. The van der Waals surface area contributed by atoms with Crippen molar-refractivity contribution < 1.29 is 15.5 Å². The predicted molar refractivity (Wildman–Crippen MR) is 94.2 cm³/mol. The average molecular weight is 354 g/mol. The number of nitrogens with zero attached hydrogens (tertiary/aromatic N) is 1. The second-order valence-electron chi connectivity index (χ2n) is 5.62. The molecule has 0 spiro atoms. The number of rotatable bonds is 6. The molecule has 0 saturated carbocycles. The lowest BCUT2D eigenvalue weighted by atomic mass is 10.1. The van der Waals surface area contributed by atoms with Gasteiger partial charge in [-0.3, -0.25) is 0 Å². The molecule has 3 rings (SSSR count). The fourth-order valence-corrected chi connectivity index (χ4v) is 3.28. The Bertz CT molecular complexity index is 773. The number of aromatic nitrogens is 1. The standard InChI is InChI=1S/C17H18Cl2N2O2/c18-11-1-3-16-14(7-11)15-8-12(19)2-4-17(15)21(16)10-13(23)9-20-5-6-22/h1-4,7-8,13,20,22-23H,5-6,9-10H2/p+1/t13-/m0/s1. The lowest BCUT2D eigenvalue weighted by Gasteiger charge is -2.13. The molecule has 1 heterocycles. The summed E-state index contributed by atoms with van der Waals surface area (Å²) in [7, 11) is 0. The number of benzene rings is 2. The summed E-state index contributed by atoms with van der Waals surface area (Å²) in [6.07, 6.45) is -0.508. The average Bonchev–Trinajstić information content (AvgIpc) is 2.80. The van der Waals surface area contributed by atoms with Gasteiger partial charge in [0.05, 0.1) is 19.7 Å².